The minimum absolute atomic E-state index is 0.0258. The monoisotopic (exact) mass is 555 g/mol. The molecule has 0 fully saturated rings. The summed E-state index contributed by atoms with van der Waals surface area (Å²) in [6, 6.07) is 9.41. The van der Waals surface area contributed by atoms with Crippen molar-refractivity contribution < 1.29 is 18.7 Å². The summed E-state index contributed by atoms with van der Waals surface area (Å²) in [5.41, 5.74) is 4.12. The number of Topliss-reactive ketones (excluding diaryl/α,β-unsaturated/α-hetero) is 2. The van der Waals surface area contributed by atoms with Crippen molar-refractivity contribution in [1.82, 2.24) is 4.90 Å². The van der Waals surface area contributed by atoms with Crippen LogP contribution in [0.15, 0.2) is 58.9 Å². The fraction of sp³-hybridized carbons (Fsp3) is 0.419. The Bertz CT molecular complexity index is 1350. The summed E-state index contributed by atoms with van der Waals surface area (Å²) in [4.78, 5) is 29.7. The molecule has 1 aliphatic heterocycles. The fourth-order valence-electron chi connectivity index (χ4n) is 6.16. The SMILES string of the molecule is CN1C2=C(C(=O)CC(C)(C)C2)C(c2cc(Cl)cc(Cl)c2OCc2ccc(F)cc2)C2=C1CC(C)(C)CC2=O. The molecule has 1 heterocycles. The molecular weight excluding hydrogens is 524 g/mol. The maximum Gasteiger partial charge on any atom is 0.162 e. The third kappa shape index (κ3) is 4.91. The summed E-state index contributed by atoms with van der Waals surface area (Å²) in [5.74, 6) is -0.524. The Balaban J connectivity index is 1.70. The van der Waals surface area contributed by atoms with Crippen LogP contribution in [0.3, 0.4) is 0 Å². The van der Waals surface area contributed by atoms with Gasteiger partial charge in [-0.25, -0.2) is 4.39 Å². The second kappa shape index (κ2) is 9.53. The number of hydrogen-bond acceptors (Lipinski definition) is 4. The highest BCUT2D eigenvalue weighted by Gasteiger charge is 2.49. The number of allylic oxidation sites excluding steroid dienone is 4. The first-order valence-electron chi connectivity index (χ1n) is 12.9. The van der Waals surface area contributed by atoms with Crippen LogP contribution in [0.25, 0.3) is 0 Å². The minimum atomic E-state index is -0.622. The Hall–Kier alpha value is -2.63. The van der Waals surface area contributed by atoms with Gasteiger partial charge in [-0.2, -0.15) is 0 Å². The number of hydrogen-bond donors (Lipinski definition) is 0. The van der Waals surface area contributed by atoms with E-state index in [0.717, 1.165) is 17.0 Å². The summed E-state index contributed by atoms with van der Waals surface area (Å²) in [6.45, 7) is 8.55. The van der Waals surface area contributed by atoms with Crippen LogP contribution in [0.5, 0.6) is 5.75 Å². The Morgan fingerprint density at radius 3 is 1.95 bits per heavy atom. The van der Waals surface area contributed by atoms with Crippen molar-refractivity contribution in [3.8, 4) is 5.75 Å². The summed E-state index contributed by atoms with van der Waals surface area (Å²) in [7, 11) is 1.97. The maximum atomic E-state index is 13.8. The Labute approximate surface area is 233 Å². The minimum Gasteiger partial charge on any atom is -0.487 e. The molecule has 0 saturated heterocycles. The molecule has 0 radical (unpaired) electrons. The molecule has 0 N–H and O–H groups in total. The molecule has 0 aromatic heterocycles. The number of ketones is 2. The number of nitrogens with zero attached hydrogens (tertiary/aromatic N) is 1. The summed E-state index contributed by atoms with van der Waals surface area (Å²) in [6.07, 6.45) is 2.20. The summed E-state index contributed by atoms with van der Waals surface area (Å²) >= 11 is 13.2. The van der Waals surface area contributed by atoms with Gasteiger partial charge in [0.1, 0.15) is 18.2 Å². The van der Waals surface area contributed by atoms with Crippen LogP contribution in [0.1, 0.15) is 70.4 Å². The van der Waals surface area contributed by atoms with Crippen LogP contribution in [-0.2, 0) is 16.2 Å². The Morgan fingerprint density at radius 1 is 0.895 bits per heavy atom. The molecule has 0 unspecified atom stereocenters. The van der Waals surface area contributed by atoms with Crippen molar-refractivity contribution in [2.24, 2.45) is 10.8 Å². The zero-order chi connectivity index (χ0) is 27.6. The molecule has 38 heavy (non-hydrogen) atoms. The Morgan fingerprint density at radius 2 is 1.42 bits per heavy atom. The van der Waals surface area contributed by atoms with Crippen molar-refractivity contribution in [1.29, 1.82) is 0 Å². The third-order valence-electron chi connectivity index (χ3n) is 7.82. The van der Waals surface area contributed by atoms with E-state index in [4.69, 9.17) is 27.9 Å². The molecule has 0 spiro atoms. The van der Waals surface area contributed by atoms with Gasteiger partial charge in [-0.3, -0.25) is 9.59 Å². The van der Waals surface area contributed by atoms with E-state index in [9.17, 15) is 14.0 Å². The van der Waals surface area contributed by atoms with E-state index in [1.54, 1.807) is 24.3 Å². The van der Waals surface area contributed by atoms with E-state index in [1.165, 1.54) is 12.1 Å². The molecule has 3 aliphatic rings. The van der Waals surface area contributed by atoms with E-state index in [0.29, 0.717) is 58.2 Å². The van der Waals surface area contributed by atoms with E-state index in [1.807, 2.05) is 7.05 Å². The van der Waals surface area contributed by atoms with Gasteiger partial charge in [0.05, 0.1) is 5.02 Å². The second-order valence-electron chi connectivity index (χ2n) is 12.3. The molecule has 2 aromatic rings. The van der Waals surface area contributed by atoms with E-state index in [-0.39, 0.29) is 34.8 Å². The number of benzene rings is 2. The lowest BCUT2D eigenvalue weighted by molar-refractivity contribution is -0.119. The molecule has 0 bridgehead atoms. The first-order valence-corrected chi connectivity index (χ1v) is 13.6. The second-order valence-corrected chi connectivity index (χ2v) is 13.2. The van der Waals surface area contributed by atoms with E-state index < -0.39 is 5.92 Å². The van der Waals surface area contributed by atoms with Gasteiger partial charge in [-0.15, -0.1) is 0 Å². The zero-order valence-electron chi connectivity index (χ0n) is 22.4. The highest BCUT2D eigenvalue weighted by atomic mass is 35.5. The highest BCUT2D eigenvalue weighted by molar-refractivity contribution is 6.35. The average molecular weight is 557 g/mol. The van der Waals surface area contributed by atoms with Gasteiger partial charge >= 0.3 is 0 Å². The van der Waals surface area contributed by atoms with E-state index >= 15 is 0 Å². The van der Waals surface area contributed by atoms with Gasteiger partial charge in [0.2, 0.25) is 0 Å². The van der Waals surface area contributed by atoms with Gasteiger partial charge in [0.15, 0.2) is 11.6 Å². The lowest BCUT2D eigenvalue weighted by atomic mass is 9.63. The first kappa shape index (κ1) is 27.0. The van der Waals surface area contributed by atoms with Gasteiger partial charge in [-0.05, 0) is 53.5 Å². The predicted molar refractivity (Wildman–Crippen MR) is 148 cm³/mol. The van der Waals surface area contributed by atoms with Crippen molar-refractivity contribution in [2.45, 2.75) is 65.9 Å². The molecule has 4 nitrogen and oxygen atoms in total. The quantitative estimate of drug-likeness (QED) is 0.383. The van der Waals surface area contributed by atoms with Crippen molar-refractivity contribution in [2.75, 3.05) is 7.05 Å². The van der Waals surface area contributed by atoms with Crippen molar-refractivity contribution in [3.63, 3.8) is 0 Å². The smallest absolute Gasteiger partial charge is 0.162 e. The molecule has 0 saturated carbocycles. The average Bonchev–Trinajstić information content (AvgIpc) is 2.79. The van der Waals surface area contributed by atoms with Gasteiger partial charge in [0, 0.05) is 58.9 Å². The first-order chi connectivity index (χ1) is 17.8. The largest absolute Gasteiger partial charge is 0.487 e. The molecule has 0 atom stereocenters. The predicted octanol–water partition coefficient (Wildman–Crippen LogP) is 8.03. The van der Waals surface area contributed by atoms with Crippen LogP contribution in [0.2, 0.25) is 10.0 Å². The topological polar surface area (TPSA) is 46.6 Å². The molecule has 0 amide bonds. The van der Waals surface area contributed by atoms with Crippen LogP contribution in [0, 0.1) is 16.6 Å². The number of halogens is 3. The number of carbonyl (C=O) groups is 2. The van der Waals surface area contributed by atoms with Crippen LogP contribution < -0.4 is 4.74 Å². The van der Waals surface area contributed by atoms with E-state index in [2.05, 4.69) is 32.6 Å². The molecular formula is C31H32Cl2FNO3. The molecule has 2 aliphatic carbocycles. The van der Waals surface area contributed by atoms with Crippen LogP contribution >= 0.6 is 23.2 Å². The summed E-state index contributed by atoms with van der Waals surface area (Å²) in [5, 5.41) is 0.694. The van der Waals surface area contributed by atoms with Gasteiger partial charge in [-0.1, -0.05) is 63.0 Å². The maximum absolute atomic E-state index is 13.8. The molecule has 7 heteroatoms. The molecule has 2 aromatic carbocycles. The van der Waals surface area contributed by atoms with Crippen molar-refractivity contribution >= 4 is 34.8 Å². The highest BCUT2D eigenvalue weighted by Crippen LogP contribution is 2.56. The zero-order valence-corrected chi connectivity index (χ0v) is 23.9. The number of ether oxygens (including phenoxy) is 1. The number of carbonyl (C=O) groups excluding carboxylic acids is 2. The van der Waals surface area contributed by atoms with Crippen LogP contribution in [0.4, 0.5) is 4.39 Å². The third-order valence-corrected chi connectivity index (χ3v) is 8.32. The Kier molecular flexibility index (Phi) is 6.76. The van der Waals surface area contributed by atoms with Crippen LogP contribution in [-0.4, -0.2) is 23.5 Å². The van der Waals surface area contributed by atoms with Gasteiger partial charge < -0.3 is 9.64 Å². The lowest BCUT2D eigenvalue weighted by Crippen LogP contribution is -2.43. The van der Waals surface area contributed by atoms with Gasteiger partial charge in [0.25, 0.3) is 0 Å². The molecule has 200 valence electrons. The standard InChI is InChI=1S/C31H32Cl2FNO3/c1-30(2)12-22-27(24(36)14-30)26(28-23(35(22)5)13-31(3,4)15-25(28)37)20-10-18(32)11-21(33)29(20)38-16-17-6-8-19(34)9-7-17/h6-11,26H,12-16H2,1-5H3. The number of rotatable bonds is 4. The lowest BCUT2D eigenvalue weighted by Gasteiger charge is -2.48. The molecule has 5 rings (SSSR count). The summed E-state index contributed by atoms with van der Waals surface area (Å²) < 4.78 is 19.7. The van der Waals surface area contributed by atoms with Crippen molar-refractivity contribution in [3.05, 3.63) is 85.9 Å². The normalized spacial score (nSPS) is 21.0. The fourth-order valence-corrected chi connectivity index (χ4v) is 6.72.